The van der Waals surface area contributed by atoms with Crippen LogP contribution < -0.4 is 5.43 Å². The van der Waals surface area contributed by atoms with Crippen LogP contribution in [0.2, 0.25) is 5.02 Å². The summed E-state index contributed by atoms with van der Waals surface area (Å²) in [5.41, 5.74) is 5.56. The minimum absolute atomic E-state index is 0.0875. The van der Waals surface area contributed by atoms with Crippen molar-refractivity contribution in [1.82, 2.24) is 9.58 Å². The number of carbonyl (C=O) groups excluding carboxylic acids is 3. The van der Waals surface area contributed by atoms with Crippen LogP contribution in [0.15, 0.2) is 59.5 Å². The third-order valence-corrected chi connectivity index (χ3v) is 6.52. The van der Waals surface area contributed by atoms with Gasteiger partial charge in [-0.2, -0.15) is 0 Å². The molecule has 0 atom stereocenters. The number of nitrogens with one attached hydrogen (secondary N) is 1. The zero-order valence-corrected chi connectivity index (χ0v) is 19.3. The molecule has 0 unspecified atom stereocenters. The van der Waals surface area contributed by atoms with Crippen molar-refractivity contribution in [3.63, 3.8) is 0 Å². The van der Waals surface area contributed by atoms with Gasteiger partial charge in [0.2, 0.25) is 0 Å². The van der Waals surface area contributed by atoms with Gasteiger partial charge >= 0.3 is 0 Å². The number of benzene rings is 2. The molecular formula is C24H19ClFN3O3S. The largest absolute Gasteiger partial charge is 0.293 e. The molecule has 4 rings (SSSR count). The number of hydrogen-bond donors (Lipinski definition) is 1. The van der Waals surface area contributed by atoms with Crippen LogP contribution in [0.5, 0.6) is 0 Å². The quantitative estimate of drug-likeness (QED) is 0.485. The summed E-state index contributed by atoms with van der Waals surface area (Å²) >= 11 is 6.83. The predicted octanol–water partition coefficient (Wildman–Crippen LogP) is 5.52. The number of amides is 3. The zero-order chi connectivity index (χ0) is 23.7. The van der Waals surface area contributed by atoms with E-state index in [4.69, 9.17) is 11.6 Å². The molecule has 6 nitrogen and oxygen atoms in total. The maximum absolute atomic E-state index is 14.1. The summed E-state index contributed by atoms with van der Waals surface area (Å²) in [6.07, 6.45) is 1.60. The number of thioether (sulfide) groups is 1. The Bertz CT molecular complexity index is 1280. The first-order chi connectivity index (χ1) is 15.8. The average Bonchev–Trinajstić information content (AvgIpc) is 3.21. The van der Waals surface area contributed by atoms with E-state index in [-0.39, 0.29) is 27.9 Å². The van der Waals surface area contributed by atoms with Crippen molar-refractivity contribution in [3.05, 3.63) is 98.4 Å². The number of hydrogen-bond acceptors (Lipinski definition) is 4. The Labute approximate surface area is 199 Å². The molecule has 0 radical (unpaired) electrons. The van der Waals surface area contributed by atoms with E-state index in [1.165, 1.54) is 18.2 Å². The summed E-state index contributed by atoms with van der Waals surface area (Å²) < 4.78 is 15.8. The van der Waals surface area contributed by atoms with Gasteiger partial charge in [-0.05, 0) is 67.6 Å². The van der Waals surface area contributed by atoms with E-state index in [0.29, 0.717) is 16.8 Å². The number of halogens is 2. The van der Waals surface area contributed by atoms with E-state index in [0.717, 1.165) is 22.4 Å². The molecule has 0 spiro atoms. The Morgan fingerprint density at radius 1 is 1.12 bits per heavy atom. The minimum Gasteiger partial charge on any atom is -0.268 e. The number of imide groups is 1. The molecule has 0 saturated carbocycles. The monoisotopic (exact) mass is 483 g/mol. The zero-order valence-electron chi connectivity index (χ0n) is 17.8. The first kappa shape index (κ1) is 22.8. The van der Waals surface area contributed by atoms with Crippen LogP contribution in [0.4, 0.5) is 9.18 Å². The van der Waals surface area contributed by atoms with Crippen molar-refractivity contribution >= 4 is 46.5 Å². The van der Waals surface area contributed by atoms with E-state index in [1.54, 1.807) is 41.9 Å². The summed E-state index contributed by atoms with van der Waals surface area (Å²) in [6, 6.07) is 14.8. The molecule has 2 heterocycles. The molecule has 1 aliphatic heterocycles. The first-order valence-electron chi connectivity index (χ1n) is 10.00. The maximum atomic E-state index is 14.1. The van der Waals surface area contributed by atoms with Crippen LogP contribution in [0.3, 0.4) is 0 Å². The normalized spacial score (nSPS) is 14.9. The van der Waals surface area contributed by atoms with Crippen molar-refractivity contribution in [2.24, 2.45) is 0 Å². The molecule has 1 fully saturated rings. The Morgan fingerprint density at radius 2 is 1.85 bits per heavy atom. The molecule has 1 aliphatic rings. The number of aromatic nitrogens is 1. The van der Waals surface area contributed by atoms with Crippen LogP contribution >= 0.6 is 23.4 Å². The van der Waals surface area contributed by atoms with Gasteiger partial charge in [0.15, 0.2) is 0 Å². The van der Waals surface area contributed by atoms with Crippen molar-refractivity contribution in [3.8, 4) is 0 Å². The molecule has 9 heteroatoms. The van der Waals surface area contributed by atoms with Gasteiger partial charge in [-0.15, -0.1) is 0 Å². The molecule has 1 saturated heterocycles. The predicted molar refractivity (Wildman–Crippen MR) is 127 cm³/mol. The summed E-state index contributed by atoms with van der Waals surface area (Å²) in [6.45, 7) is 3.37. The standard InChI is InChI=1S/C24H19ClFN3O3S/c1-14-11-17(15(2)29(14)27-22(30)16-7-4-3-5-8-16)12-21-23(31)28(24(32)33-21)13-18-19(25)9-6-10-20(18)26/h3-12H,13H2,1-2H3,(H,27,30)/b21-12-. The van der Waals surface area contributed by atoms with Crippen molar-refractivity contribution in [2.45, 2.75) is 20.4 Å². The molecule has 0 bridgehead atoms. The number of aryl methyl sites for hydroxylation is 1. The number of rotatable bonds is 5. The highest BCUT2D eigenvalue weighted by Gasteiger charge is 2.36. The van der Waals surface area contributed by atoms with Crippen LogP contribution in [0.25, 0.3) is 6.08 Å². The summed E-state index contributed by atoms with van der Waals surface area (Å²) in [5.74, 6) is -1.38. The Balaban J connectivity index is 1.57. The Kier molecular flexibility index (Phi) is 6.40. The molecule has 2 aromatic carbocycles. The van der Waals surface area contributed by atoms with E-state index < -0.39 is 17.0 Å². The highest BCUT2D eigenvalue weighted by Crippen LogP contribution is 2.35. The van der Waals surface area contributed by atoms with Gasteiger partial charge in [-0.3, -0.25) is 29.4 Å². The van der Waals surface area contributed by atoms with E-state index in [1.807, 2.05) is 19.1 Å². The van der Waals surface area contributed by atoms with Crippen molar-refractivity contribution in [2.75, 3.05) is 5.43 Å². The lowest BCUT2D eigenvalue weighted by Crippen LogP contribution is -2.28. The molecule has 1 N–H and O–H groups in total. The SMILES string of the molecule is Cc1cc(/C=C2\SC(=O)N(Cc3c(F)cccc3Cl)C2=O)c(C)n1NC(=O)c1ccccc1. The summed E-state index contributed by atoms with van der Waals surface area (Å²) in [4.78, 5) is 39.1. The van der Waals surface area contributed by atoms with Gasteiger partial charge in [0.1, 0.15) is 5.82 Å². The Morgan fingerprint density at radius 3 is 2.55 bits per heavy atom. The summed E-state index contributed by atoms with van der Waals surface area (Å²) in [7, 11) is 0. The highest BCUT2D eigenvalue weighted by molar-refractivity contribution is 8.18. The molecule has 1 aromatic heterocycles. The van der Waals surface area contributed by atoms with Crippen molar-refractivity contribution < 1.29 is 18.8 Å². The highest BCUT2D eigenvalue weighted by atomic mass is 35.5. The van der Waals surface area contributed by atoms with Crippen molar-refractivity contribution in [1.29, 1.82) is 0 Å². The third kappa shape index (κ3) is 4.58. The molecule has 168 valence electrons. The molecule has 3 amide bonds. The second-order valence-corrected chi connectivity index (χ2v) is 8.84. The fraction of sp³-hybridized carbons (Fsp3) is 0.125. The second kappa shape index (κ2) is 9.25. The fourth-order valence-electron chi connectivity index (χ4n) is 3.48. The molecule has 0 aliphatic carbocycles. The van der Waals surface area contributed by atoms with Gasteiger partial charge < -0.3 is 0 Å². The van der Waals surface area contributed by atoms with Crippen LogP contribution in [-0.4, -0.2) is 26.6 Å². The summed E-state index contributed by atoms with van der Waals surface area (Å²) in [5, 5.41) is -0.354. The topological polar surface area (TPSA) is 71.4 Å². The average molecular weight is 484 g/mol. The maximum Gasteiger partial charge on any atom is 0.293 e. The van der Waals surface area contributed by atoms with Gasteiger partial charge in [0.25, 0.3) is 17.1 Å². The minimum atomic E-state index is -0.580. The lowest BCUT2D eigenvalue weighted by atomic mass is 10.2. The lowest BCUT2D eigenvalue weighted by molar-refractivity contribution is -0.123. The number of nitrogens with zero attached hydrogens (tertiary/aromatic N) is 2. The first-order valence-corrected chi connectivity index (χ1v) is 11.2. The van der Waals surface area contributed by atoms with Gasteiger partial charge in [-0.25, -0.2) is 4.39 Å². The molecule has 33 heavy (non-hydrogen) atoms. The Hall–Kier alpha value is -3.36. The fourth-order valence-corrected chi connectivity index (χ4v) is 4.53. The van der Waals surface area contributed by atoms with E-state index >= 15 is 0 Å². The van der Waals surface area contributed by atoms with Gasteiger partial charge in [0, 0.05) is 27.5 Å². The second-order valence-electron chi connectivity index (χ2n) is 7.44. The third-order valence-electron chi connectivity index (χ3n) is 5.26. The van der Waals surface area contributed by atoms with E-state index in [9.17, 15) is 18.8 Å². The number of carbonyl (C=O) groups is 3. The van der Waals surface area contributed by atoms with Crippen LogP contribution in [0.1, 0.15) is 32.9 Å². The molecular weight excluding hydrogens is 465 g/mol. The smallest absolute Gasteiger partial charge is 0.268 e. The lowest BCUT2D eigenvalue weighted by Gasteiger charge is -2.14. The molecule has 3 aromatic rings. The van der Waals surface area contributed by atoms with Gasteiger partial charge in [-0.1, -0.05) is 35.9 Å². The van der Waals surface area contributed by atoms with Crippen LogP contribution in [0, 0.1) is 19.7 Å². The van der Waals surface area contributed by atoms with Crippen LogP contribution in [-0.2, 0) is 11.3 Å². The van der Waals surface area contributed by atoms with E-state index in [2.05, 4.69) is 5.43 Å². The van der Waals surface area contributed by atoms with Gasteiger partial charge in [0.05, 0.1) is 11.4 Å².